The van der Waals surface area contributed by atoms with Crippen LogP contribution in [0.1, 0.15) is 56.1 Å². The smallest absolute Gasteiger partial charge is 0.160 e. The molecule has 0 saturated heterocycles. The summed E-state index contributed by atoms with van der Waals surface area (Å²) in [6.45, 7) is 2.30. The zero-order chi connectivity index (χ0) is 15.5. The molecular formula is C19H26O3. The quantitative estimate of drug-likeness (QED) is 0.833. The molecule has 2 fully saturated rings. The molecule has 0 spiro atoms. The van der Waals surface area contributed by atoms with E-state index in [1.54, 1.807) is 7.11 Å². The number of aliphatic hydroxyl groups is 1. The Morgan fingerprint density at radius 2 is 2.00 bits per heavy atom. The van der Waals surface area contributed by atoms with E-state index in [1.807, 2.05) is 6.07 Å². The summed E-state index contributed by atoms with van der Waals surface area (Å²) in [5.74, 6) is 2.75. The first kappa shape index (κ1) is 14.4. The van der Waals surface area contributed by atoms with Gasteiger partial charge >= 0.3 is 0 Å². The molecule has 3 aliphatic rings. The lowest BCUT2D eigenvalue weighted by molar-refractivity contribution is -0.0226. The predicted octanol–water partition coefficient (Wildman–Crippen LogP) is 3.62. The van der Waals surface area contributed by atoms with Gasteiger partial charge in [-0.1, -0.05) is 6.92 Å². The van der Waals surface area contributed by atoms with Gasteiger partial charge in [0.1, 0.15) is 0 Å². The van der Waals surface area contributed by atoms with Crippen molar-refractivity contribution < 1.29 is 14.9 Å². The van der Waals surface area contributed by atoms with Crippen molar-refractivity contribution in [2.45, 2.75) is 57.5 Å². The molecule has 3 nitrogen and oxygen atoms in total. The first-order valence-corrected chi connectivity index (χ1v) is 8.62. The second-order valence-electron chi connectivity index (χ2n) is 7.78. The van der Waals surface area contributed by atoms with Gasteiger partial charge in [-0.25, -0.2) is 0 Å². The van der Waals surface area contributed by atoms with Crippen LogP contribution >= 0.6 is 0 Å². The Bertz CT molecular complexity index is 597. The molecule has 2 N–H and O–H groups in total. The molecule has 0 radical (unpaired) electrons. The van der Waals surface area contributed by atoms with E-state index in [-0.39, 0.29) is 17.3 Å². The second-order valence-corrected chi connectivity index (χ2v) is 7.78. The molecule has 0 aliphatic heterocycles. The highest BCUT2D eigenvalue weighted by Gasteiger charge is 2.54. The topological polar surface area (TPSA) is 49.7 Å². The van der Waals surface area contributed by atoms with Crippen LogP contribution < -0.4 is 4.74 Å². The van der Waals surface area contributed by atoms with E-state index in [0.29, 0.717) is 23.5 Å². The summed E-state index contributed by atoms with van der Waals surface area (Å²) in [7, 11) is 1.62. The average molecular weight is 302 g/mol. The second kappa shape index (κ2) is 4.89. The minimum absolute atomic E-state index is 0.116. The fraction of sp³-hybridized carbons (Fsp3) is 0.684. The van der Waals surface area contributed by atoms with Crippen molar-refractivity contribution in [1.82, 2.24) is 0 Å². The fourth-order valence-electron chi connectivity index (χ4n) is 5.72. The van der Waals surface area contributed by atoms with Gasteiger partial charge in [0.25, 0.3) is 0 Å². The molecule has 0 heterocycles. The Kier molecular flexibility index (Phi) is 3.19. The highest BCUT2D eigenvalue weighted by atomic mass is 16.5. The maximum Gasteiger partial charge on any atom is 0.160 e. The van der Waals surface area contributed by atoms with Crippen LogP contribution in [0.2, 0.25) is 0 Å². The number of benzene rings is 1. The molecule has 3 heteroatoms. The van der Waals surface area contributed by atoms with E-state index < -0.39 is 0 Å². The summed E-state index contributed by atoms with van der Waals surface area (Å²) in [6, 6.07) is 3.97. The third kappa shape index (κ3) is 1.84. The zero-order valence-corrected chi connectivity index (χ0v) is 13.5. The summed E-state index contributed by atoms with van der Waals surface area (Å²) >= 11 is 0. The van der Waals surface area contributed by atoms with Crippen molar-refractivity contribution in [3.05, 3.63) is 23.3 Å². The van der Waals surface area contributed by atoms with Gasteiger partial charge in [0.2, 0.25) is 0 Å². The highest BCUT2D eigenvalue weighted by Crippen LogP contribution is 2.61. The van der Waals surface area contributed by atoms with Crippen LogP contribution in [0.25, 0.3) is 0 Å². The first-order chi connectivity index (χ1) is 10.5. The standard InChI is InChI=1S/C19H26O3/c1-19-8-7-12-13(15(19)5-6-18(19)21)4-3-11-9-16(20)17(22-2)10-14(11)12/h9-10,12-13,15,18,20-21H,3-8H2,1-2H3/t12-,13+,15-,18-,19-/m1/s1. The van der Waals surface area contributed by atoms with E-state index in [0.717, 1.165) is 25.7 Å². The van der Waals surface area contributed by atoms with Gasteiger partial charge in [-0.2, -0.15) is 0 Å². The number of phenolic OH excluding ortho intramolecular Hbond substituents is 1. The van der Waals surface area contributed by atoms with Gasteiger partial charge in [-0.15, -0.1) is 0 Å². The van der Waals surface area contributed by atoms with Crippen molar-refractivity contribution in [1.29, 1.82) is 0 Å². The molecule has 3 aliphatic carbocycles. The molecule has 1 aromatic carbocycles. The van der Waals surface area contributed by atoms with Gasteiger partial charge in [0.05, 0.1) is 13.2 Å². The van der Waals surface area contributed by atoms with Crippen LogP contribution in [0.5, 0.6) is 11.5 Å². The summed E-state index contributed by atoms with van der Waals surface area (Å²) in [4.78, 5) is 0. The monoisotopic (exact) mass is 302 g/mol. The minimum Gasteiger partial charge on any atom is -0.504 e. The number of aryl methyl sites for hydroxylation is 1. The molecule has 1 aromatic rings. The Morgan fingerprint density at radius 3 is 2.77 bits per heavy atom. The van der Waals surface area contributed by atoms with E-state index >= 15 is 0 Å². The van der Waals surface area contributed by atoms with Crippen molar-refractivity contribution in [2.75, 3.05) is 7.11 Å². The number of methoxy groups -OCH3 is 1. The number of phenols is 1. The molecule has 120 valence electrons. The molecule has 0 aromatic heterocycles. The summed E-state index contributed by atoms with van der Waals surface area (Å²) in [5, 5.41) is 20.5. The largest absolute Gasteiger partial charge is 0.504 e. The molecule has 0 bridgehead atoms. The number of rotatable bonds is 1. The van der Waals surface area contributed by atoms with Crippen LogP contribution in [0.15, 0.2) is 12.1 Å². The van der Waals surface area contributed by atoms with Crippen LogP contribution in [-0.2, 0) is 6.42 Å². The van der Waals surface area contributed by atoms with E-state index in [9.17, 15) is 10.2 Å². The molecule has 5 atom stereocenters. The zero-order valence-electron chi connectivity index (χ0n) is 13.5. The molecule has 0 amide bonds. The van der Waals surface area contributed by atoms with Crippen molar-refractivity contribution in [3.63, 3.8) is 0 Å². The van der Waals surface area contributed by atoms with E-state index in [4.69, 9.17) is 4.74 Å². The van der Waals surface area contributed by atoms with E-state index in [2.05, 4.69) is 13.0 Å². The molecule has 0 unspecified atom stereocenters. The lowest BCUT2D eigenvalue weighted by Crippen LogP contribution is -2.43. The SMILES string of the molecule is COc1cc2c(cc1O)CC[C@@H]1[C@H]3CC[C@@H](O)[C@]3(C)CC[C@@H]21. The third-order valence-corrected chi connectivity index (χ3v) is 6.97. The van der Waals surface area contributed by atoms with Gasteiger partial charge in [0, 0.05) is 0 Å². The lowest BCUT2D eigenvalue weighted by atomic mass is 9.55. The first-order valence-electron chi connectivity index (χ1n) is 8.62. The van der Waals surface area contributed by atoms with Gasteiger partial charge < -0.3 is 14.9 Å². The van der Waals surface area contributed by atoms with Crippen LogP contribution in [0.4, 0.5) is 0 Å². The number of ether oxygens (including phenoxy) is 1. The Labute approximate surface area is 132 Å². The van der Waals surface area contributed by atoms with Crippen molar-refractivity contribution >= 4 is 0 Å². The van der Waals surface area contributed by atoms with Crippen molar-refractivity contribution in [2.24, 2.45) is 17.3 Å². The van der Waals surface area contributed by atoms with Crippen LogP contribution in [-0.4, -0.2) is 23.4 Å². The molecule has 4 rings (SSSR count). The normalized spacial score (nSPS) is 39.8. The maximum absolute atomic E-state index is 10.4. The summed E-state index contributed by atoms with van der Waals surface area (Å²) in [5.41, 5.74) is 2.80. The predicted molar refractivity (Wildman–Crippen MR) is 85.3 cm³/mol. The summed E-state index contributed by atoms with van der Waals surface area (Å²) < 4.78 is 5.32. The van der Waals surface area contributed by atoms with Gasteiger partial charge in [0.15, 0.2) is 11.5 Å². The number of aromatic hydroxyl groups is 1. The number of aliphatic hydroxyl groups excluding tert-OH is 1. The number of hydrogen-bond donors (Lipinski definition) is 2. The number of hydrogen-bond acceptors (Lipinski definition) is 3. The fourth-order valence-corrected chi connectivity index (χ4v) is 5.72. The third-order valence-electron chi connectivity index (χ3n) is 6.97. The highest BCUT2D eigenvalue weighted by molar-refractivity contribution is 5.49. The van der Waals surface area contributed by atoms with Crippen molar-refractivity contribution in [3.8, 4) is 11.5 Å². The Balaban J connectivity index is 1.72. The van der Waals surface area contributed by atoms with Crippen LogP contribution in [0, 0.1) is 17.3 Å². The average Bonchev–Trinajstić information content (AvgIpc) is 2.82. The van der Waals surface area contributed by atoms with Gasteiger partial charge in [-0.05, 0) is 85.0 Å². The maximum atomic E-state index is 10.4. The Hall–Kier alpha value is -1.22. The summed E-state index contributed by atoms with van der Waals surface area (Å²) in [6.07, 6.45) is 6.51. The van der Waals surface area contributed by atoms with Gasteiger partial charge in [-0.3, -0.25) is 0 Å². The number of fused-ring (bicyclic) bond motifs is 5. The molecular weight excluding hydrogens is 276 g/mol. The van der Waals surface area contributed by atoms with E-state index in [1.165, 1.54) is 24.0 Å². The lowest BCUT2D eigenvalue weighted by Gasteiger charge is -2.50. The van der Waals surface area contributed by atoms with Crippen LogP contribution in [0.3, 0.4) is 0 Å². The Morgan fingerprint density at radius 1 is 1.18 bits per heavy atom. The molecule has 2 saturated carbocycles. The molecule has 22 heavy (non-hydrogen) atoms. The minimum atomic E-state index is -0.116.